The van der Waals surface area contributed by atoms with Crippen molar-refractivity contribution in [3.05, 3.63) is 126 Å². The summed E-state index contributed by atoms with van der Waals surface area (Å²) in [6.07, 6.45) is 0. The van der Waals surface area contributed by atoms with Gasteiger partial charge in [-0.05, 0) is 57.8 Å². The fraction of sp³-hybridized carbons (Fsp3) is 0.0857. The molecule has 0 N–H and O–H groups in total. The van der Waals surface area contributed by atoms with Crippen LogP contribution < -0.4 is 21.3 Å². The summed E-state index contributed by atoms with van der Waals surface area (Å²) in [6, 6.07) is 42.7. The van der Waals surface area contributed by atoms with E-state index in [4.69, 9.17) is 0 Å². The first kappa shape index (κ1) is 20.5. The molecule has 0 unspecified atom stereocenters. The lowest BCUT2D eigenvalue weighted by atomic mass is 9.34. The van der Waals surface area contributed by atoms with E-state index >= 15 is 0 Å². The van der Waals surface area contributed by atoms with Crippen molar-refractivity contribution in [2.45, 2.75) is 19.3 Å². The van der Waals surface area contributed by atoms with Gasteiger partial charge in [0.1, 0.15) is 0 Å². The molecule has 0 fully saturated rings. The quantitative estimate of drug-likeness (QED) is 0.240. The molecule has 1 aliphatic carbocycles. The van der Waals surface area contributed by atoms with Crippen LogP contribution in [0.3, 0.4) is 0 Å². The molecule has 38 heavy (non-hydrogen) atoms. The van der Waals surface area contributed by atoms with Gasteiger partial charge in [-0.1, -0.05) is 98.8 Å². The molecule has 2 aliphatic heterocycles. The molecular formula is C35H25BN2. The number of nitrogens with zero attached hydrogens (tertiary/aromatic N) is 2. The van der Waals surface area contributed by atoms with Crippen LogP contribution in [0.25, 0.3) is 27.8 Å². The molecule has 0 amide bonds. The van der Waals surface area contributed by atoms with Gasteiger partial charge in [-0.3, -0.25) is 0 Å². The molecule has 5 aromatic carbocycles. The minimum atomic E-state index is -0.0557. The van der Waals surface area contributed by atoms with Crippen molar-refractivity contribution in [3.63, 3.8) is 0 Å². The van der Waals surface area contributed by atoms with Gasteiger partial charge in [-0.2, -0.15) is 0 Å². The second-order valence-electron chi connectivity index (χ2n) is 11.3. The van der Waals surface area contributed by atoms with Crippen LogP contribution in [-0.2, 0) is 5.41 Å². The van der Waals surface area contributed by atoms with E-state index < -0.39 is 0 Å². The summed E-state index contributed by atoms with van der Waals surface area (Å²) in [6.45, 7) is 4.98. The molecule has 0 spiro atoms. The largest absolute Gasteiger partial charge is 0.311 e. The van der Waals surface area contributed by atoms with Gasteiger partial charge in [-0.15, -0.1) is 0 Å². The Labute approximate surface area is 222 Å². The van der Waals surface area contributed by atoms with Crippen molar-refractivity contribution < 1.29 is 0 Å². The van der Waals surface area contributed by atoms with Gasteiger partial charge in [-0.25, -0.2) is 0 Å². The topological polar surface area (TPSA) is 8.17 Å². The summed E-state index contributed by atoms with van der Waals surface area (Å²) in [5, 5.41) is 1.39. The lowest BCUT2D eigenvalue weighted by Crippen LogP contribution is -2.60. The van der Waals surface area contributed by atoms with E-state index in [1.54, 1.807) is 0 Å². The molecule has 3 heterocycles. The molecule has 178 valence electrons. The van der Waals surface area contributed by atoms with Crippen molar-refractivity contribution in [1.82, 2.24) is 4.57 Å². The van der Waals surface area contributed by atoms with Crippen LogP contribution in [0, 0.1) is 0 Å². The van der Waals surface area contributed by atoms with Gasteiger partial charge in [0.2, 0.25) is 0 Å². The Bertz CT molecular complexity index is 1960. The number of aromatic nitrogens is 1. The predicted molar refractivity (Wildman–Crippen MR) is 160 cm³/mol. The standard InChI is InChI=1S/C35H25BN2/c1-35(2)25-16-7-6-14-23(25)34-31(35)24-15-10-18-27-33(24)38(34)30-21-11-20-29-32(30)36(27)26-17-8-9-19-28(26)37(29)22-12-4-3-5-13-22/h3-21H,1-2H3. The fourth-order valence-electron chi connectivity index (χ4n) is 7.72. The van der Waals surface area contributed by atoms with Crippen LogP contribution in [-0.4, -0.2) is 11.3 Å². The number of fused-ring (bicyclic) bond motifs is 9. The Morgan fingerprint density at radius 3 is 2.18 bits per heavy atom. The molecule has 6 aromatic rings. The highest BCUT2D eigenvalue weighted by atomic mass is 15.2. The number of hydrogen-bond acceptors (Lipinski definition) is 1. The number of rotatable bonds is 1. The first-order valence-corrected chi connectivity index (χ1v) is 13.5. The van der Waals surface area contributed by atoms with Crippen LogP contribution in [0.2, 0.25) is 0 Å². The molecule has 3 heteroatoms. The van der Waals surface area contributed by atoms with Crippen LogP contribution in [0.5, 0.6) is 0 Å². The molecule has 9 rings (SSSR count). The second-order valence-corrected chi connectivity index (χ2v) is 11.3. The first-order valence-electron chi connectivity index (χ1n) is 13.5. The minimum Gasteiger partial charge on any atom is -0.311 e. The highest BCUT2D eigenvalue weighted by Gasteiger charge is 2.46. The molecule has 0 saturated carbocycles. The highest BCUT2D eigenvalue weighted by Crippen LogP contribution is 2.54. The smallest absolute Gasteiger partial charge is 0.252 e. The van der Waals surface area contributed by atoms with Gasteiger partial charge in [0.15, 0.2) is 0 Å². The molecule has 3 aliphatic rings. The average Bonchev–Trinajstić information content (AvgIpc) is 3.43. The van der Waals surface area contributed by atoms with Crippen molar-refractivity contribution in [1.29, 1.82) is 0 Å². The molecule has 0 radical (unpaired) electrons. The van der Waals surface area contributed by atoms with Gasteiger partial charge in [0.25, 0.3) is 6.71 Å². The van der Waals surface area contributed by atoms with Crippen LogP contribution >= 0.6 is 0 Å². The van der Waals surface area contributed by atoms with Crippen molar-refractivity contribution >= 4 is 51.1 Å². The van der Waals surface area contributed by atoms with Gasteiger partial charge < -0.3 is 9.47 Å². The van der Waals surface area contributed by atoms with Gasteiger partial charge in [0.05, 0.1) is 5.69 Å². The first-order chi connectivity index (χ1) is 18.7. The monoisotopic (exact) mass is 484 g/mol. The highest BCUT2D eigenvalue weighted by molar-refractivity contribution is 7.00. The Morgan fingerprint density at radius 1 is 0.605 bits per heavy atom. The lowest BCUT2D eigenvalue weighted by molar-refractivity contribution is 0.666. The predicted octanol–water partition coefficient (Wildman–Crippen LogP) is 6.55. The maximum Gasteiger partial charge on any atom is 0.252 e. The van der Waals surface area contributed by atoms with E-state index in [2.05, 4.69) is 139 Å². The van der Waals surface area contributed by atoms with Crippen LogP contribution in [0.4, 0.5) is 17.1 Å². The molecule has 0 atom stereocenters. The minimum absolute atomic E-state index is 0.0557. The SMILES string of the molecule is CC1(C)c2ccccc2-c2c1c1cccc3c1n2-c1cccc2c1B3c1ccccc1N2c1ccccc1. The number of para-hydroxylation sites is 3. The number of benzene rings is 5. The number of hydrogen-bond donors (Lipinski definition) is 0. The molecule has 2 nitrogen and oxygen atoms in total. The Hall–Kier alpha value is -4.50. The van der Waals surface area contributed by atoms with E-state index in [9.17, 15) is 0 Å². The van der Waals surface area contributed by atoms with E-state index in [0.717, 1.165) is 0 Å². The van der Waals surface area contributed by atoms with Crippen LogP contribution in [0.15, 0.2) is 115 Å². The van der Waals surface area contributed by atoms with E-state index in [1.165, 1.54) is 72.4 Å². The average molecular weight is 484 g/mol. The maximum absolute atomic E-state index is 2.60. The summed E-state index contributed by atoms with van der Waals surface area (Å²) in [4.78, 5) is 2.46. The zero-order chi connectivity index (χ0) is 25.2. The second kappa shape index (κ2) is 6.87. The summed E-state index contributed by atoms with van der Waals surface area (Å²) in [5.41, 5.74) is 16.1. The van der Waals surface area contributed by atoms with E-state index in [1.807, 2.05) is 0 Å². The third kappa shape index (κ3) is 2.28. The summed E-state index contributed by atoms with van der Waals surface area (Å²) in [7, 11) is 0. The Balaban J connectivity index is 1.47. The van der Waals surface area contributed by atoms with E-state index in [-0.39, 0.29) is 12.1 Å². The van der Waals surface area contributed by atoms with Crippen molar-refractivity contribution in [3.8, 4) is 16.9 Å². The van der Waals surface area contributed by atoms with Gasteiger partial charge in [0, 0.05) is 44.6 Å². The lowest BCUT2D eigenvalue weighted by Gasteiger charge is -2.40. The van der Waals surface area contributed by atoms with E-state index in [0.29, 0.717) is 0 Å². The summed E-state index contributed by atoms with van der Waals surface area (Å²) >= 11 is 0. The zero-order valence-electron chi connectivity index (χ0n) is 21.4. The van der Waals surface area contributed by atoms with Gasteiger partial charge >= 0.3 is 0 Å². The fourth-order valence-corrected chi connectivity index (χ4v) is 7.72. The number of anilines is 3. The van der Waals surface area contributed by atoms with Crippen molar-refractivity contribution in [2.75, 3.05) is 4.90 Å². The maximum atomic E-state index is 2.60. The molecular weight excluding hydrogens is 459 g/mol. The third-order valence-corrected chi connectivity index (χ3v) is 9.15. The van der Waals surface area contributed by atoms with Crippen molar-refractivity contribution in [2.24, 2.45) is 0 Å². The van der Waals surface area contributed by atoms with Crippen LogP contribution in [0.1, 0.15) is 25.0 Å². The third-order valence-electron chi connectivity index (χ3n) is 9.15. The Kier molecular flexibility index (Phi) is 3.72. The normalized spacial score (nSPS) is 15.2. The molecule has 1 aromatic heterocycles. The molecule has 0 saturated heterocycles. The summed E-state index contributed by atoms with van der Waals surface area (Å²) in [5.74, 6) is 0. The molecule has 0 bridgehead atoms. The zero-order valence-corrected chi connectivity index (χ0v) is 21.4. The Morgan fingerprint density at radius 2 is 1.29 bits per heavy atom. The summed E-state index contributed by atoms with van der Waals surface area (Å²) < 4.78 is 2.60.